The minimum Gasteiger partial charge on any atom is -0.329 e. The average Bonchev–Trinajstić information content (AvgIpc) is 2.99. The van der Waals surface area contributed by atoms with Crippen LogP contribution >= 0.6 is 0 Å². The molecule has 2 aromatic rings. The number of amides is 5. The van der Waals surface area contributed by atoms with Crippen LogP contribution < -0.4 is 16.0 Å². The number of anilines is 2. The molecule has 3 rings (SSSR count). The molecule has 0 radical (unpaired) electrons. The molecule has 0 unspecified atom stereocenters. The van der Waals surface area contributed by atoms with E-state index in [1.807, 2.05) is 0 Å². The van der Waals surface area contributed by atoms with Crippen LogP contribution in [0.15, 0.2) is 54.6 Å². The van der Waals surface area contributed by atoms with Crippen LogP contribution in [0.2, 0.25) is 0 Å². The van der Waals surface area contributed by atoms with E-state index in [-0.39, 0.29) is 30.8 Å². The Hall–Kier alpha value is -3.94. The van der Waals surface area contributed by atoms with Crippen LogP contribution in [0.1, 0.15) is 18.1 Å². The Morgan fingerprint density at radius 2 is 1.83 bits per heavy atom. The molecule has 1 saturated heterocycles. The fourth-order valence-electron chi connectivity index (χ4n) is 2.78. The van der Waals surface area contributed by atoms with Crippen LogP contribution in [0.3, 0.4) is 0 Å². The molecule has 0 bridgehead atoms. The predicted molar refractivity (Wildman–Crippen MR) is 109 cm³/mol. The topological polar surface area (TPSA) is 108 Å². The number of urea groups is 1. The molecule has 1 aliphatic heterocycles. The van der Waals surface area contributed by atoms with Crippen LogP contribution in [0.4, 0.5) is 16.2 Å². The summed E-state index contributed by atoms with van der Waals surface area (Å²) in [6.45, 7) is 1.58. The standard InChI is InChI=1S/C21H20N4O4/c1-14(26)23-17-8-5-15(6-9-17)7-10-19(27)24-18-4-2-3-16(11-18)13-25-20(28)12-22-21(25)29/h2-11H,12-13H2,1H3,(H,22,29)(H,23,26)(H,24,27)/b10-7+. The molecular weight excluding hydrogens is 372 g/mol. The zero-order valence-electron chi connectivity index (χ0n) is 15.8. The number of benzene rings is 2. The van der Waals surface area contributed by atoms with Gasteiger partial charge >= 0.3 is 6.03 Å². The molecule has 2 aromatic carbocycles. The molecule has 0 atom stereocenters. The summed E-state index contributed by atoms with van der Waals surface area (Å²) in [6.07, 6.45) is 3.06. The van der Waals surface area contributed by atoms with Gasteiger partial charge in [0.2, 0.25) is 17.7 Å². The molecule has 0 aliphatic carbocycles. The van der Waals surface area contributed by atoms with E-state index in [2.05, 4.69) is 16.0 Å². The molecule has 1 fully saturated rings. The number of nitrogens with zero attached hydrogens (tertiary/aromatic N) is 1. The lowest BCUT2D eigenvalue weighted by Crippen LogP contribution is -2.30. The molecule has 0 aromatic heterocycles. The SMILES string of the molecule is CC(=O)Nc1ccc(/C=C/C(=O)Nc2cccc(CN3C(=O)CNC3=O)c2)cc1. The lowest BCUT2D eigenvalue weighted by molar-refractivity contribution is -0.125. The first-order chi connectivity index (χ1) is 13.9. The summed E-state index contributed by atoms with van der Waals surface area (Å²) in [6, 6.07) is 13.6. The molecule has 1 heterocycles. The van der Waals surface area contributed by atoms with Gasteiger partial charge in [0.25, 0.3) is 0 Å². The van der Waals surface area contributed by atoms with E-state index in [4.69, 9.17) is 0 Å². The van der Waals surface area contributed by atoms with Gasteiger partial charge in [0.15, 0.2) is 0 Å². The lowest BCUT2D eigenvalue weighted by atomic mass is 10.1. The third-order valence-corrected chi connectivity index (χ3v) is 4.13. The molecule has 8 heteroatoms. The number of hydrogen-bond donors (Lipinski definition) is 3. The zero-order chi connectivity index (χ0) is 20.8. The van der Waals surface area contributed by atoms with Crippen LogP contribution in [-0.4, -0.2) is 35.2 Å². The monoisotopic (exact) mass is 392 g/mol. The van der Waals surface area contributed by atoms with Crippen LogP contribution in [0.5, 0.6) is 0 Å². The first-order valence-electron chi connectivity index (χ1n) is 8.94. The number of imide groups is 1. The highest BCUT2D eigenvalue weighted by Gasteiger charge is 2.28. The zero-order valence-corrected chi connectivity index (χ0v) is 15.8. The Kier molecular flexibility index (Phi) is 6.03. The number of rotatable bonds is 6. The molecular formula is C21H20N4O4. The fraction of sp³-hybridized carbons (Fsp3) is 0.143. The van der Waals surface area contributed by atoms with Gasteiger partial charge in [0.05, 0.1) is 13.1 Å². The Bertz CT molecular complexity index is 966. The molecule has 29 heavy (non-hydrogen) atoms. The van der Waals surface area contributed by atoms with Crippen molar-refractivity contribution in [2.45, 2.75) is 13.5 Å². The second kappa shape index (κ2) is 8.83. The van der Waals surface area contributed by atoms with Gasteiger partial charge in [-0.15, -0.1) is 0 Å². The second-order valence-corrected chi connectivity index (χ2v) is 6.46. The van der Waals surface area contributed by atoms with Crippen LogP contribution in [-0.2, 0) is 20.9 Å². The summed E-state index contributed by atoms with van der Waals surface area (Å²) in [7, 11) is 0. The van der Waals surface area contributed by atoms with Crippen molar-refractivity contribution in [3.05, 3.63) is 65.7 Å². The van der Waals surface area contributed by atoms with E-state index in [0.717, 1.165) is 16.0 Å². The normalized spacial score (nSPS) is 13.5. The van der Waals surface area contributed by atoms with E-state index in [9.17, 15) is 19.2 Å². The molecule has 8 nitrogen and oxygen atoms in total. The first-order valence-corrected chi connectivity index (χ1v) is 8.94. The maximum absolute atomic E-state index is 12.2. The van der Waals surface area contributed by atoms with E-state index < -0.39 is 6.03 Å². The average molecular weight is 392 g/mol. The molecule has 0 spiro atoms. The number of hydrogen-bond acceptors (Lipinski definition) is 4. The van der Waals surface area contributed by atoms with Gasteiger partial charge in [-0.05, 0) is 41.5 Å². The highest BCUT2D eigenvalue weighted by atomic mass is 16.2. The van der Waals surface area contributed by atoms with Crippen LogP contribution in [0.25, 0.3) is 6.08 Å². The maximum atomic E-state index is 12.2. The molecule has 5 amide bonds. The third-order valence-electron chi connectivity index (χ3n) is 4.13. The lowest BCUT2D eigenvalue weighted by Gasteiger charge is -2.13. The van der Waals surface area contributed by atoms with Gasteiger partial charge in [-0.1, -0.05) is 24.3 Å². The van der Waals surface area contributed by atoms with E-state index in [1.165, 1.54) is 13.0 Å². The predicted octanol–water partition coefficient (Wildman–Crippen LogP) is 2.35. The van der Waals surface area contributed by atoms with Crippen molar-refractivity contribution in [1.29, 1.82) is 0 Å². The minimum atomic E-state index is -0.420. The number of carbonyl (C=O) groups is 4. The van der Waals surface area contributed by atoms with Crippen LogP contribution in [0, 0.1) is 0 Å². The highest BCUT2D eigenvalue weighted by Crippen LogP contribution is 2.15. The largest absolute Gasteiger partial charge is 0.329 e. The summed E-state index contributed by atoms with van der Waals surface area (Å²) < 4.78 is 0. The first kappa shape index (κ1) is 19.8. The quantitative estimate of drug-likeness (QED) is 0.518. The summed E-state index contributed by atoms with van der Waals surface area (Å²) >= 11 is 0. The molecule has 3 N–H and O–H groups in total. The van der Waals surface area contributed by atoms with Gasteiger partial charge < -0.3 is 16.0 Å². The fourth-order valence-corrected chi connectivity index (χ4v) is 2.78. The Balaban J connectivity index is 1.59. The van der Waals surface area contributed by atoms with Crippen molar-refractivity contribution >= 4 is 41.2 Å². The van der Waals surface area contributed by atoms with Crippen molar-refractivity contribution in [1.82, 2.24) is 10.2 Å². The van der Waals surface area contributed by atoms with E-state index in [0.29, 0.717) is 11.4 Å². The van der Waals surface area contributed by atoms with Gasteiger partial charge in [-0.2, -0.15) is 0 Å². The molecule has 1 aliphatic rings. The number of carbonyl (C=O) groups excluding carboxylic acids is 4. The van der Waals surface area contributed by atoms with E-state index in [1.54, 1.807) is 54.6 Å². The molecule has 148 valence electrons. The Labute approximate surface area is 167 Å². The van der Waals surface area contributed by atoms with Gasteiger partial charge in [0.1, 0.15) is 0 Å². The van der Waals surface area contributed by atoms with Gasteiger partial charge in [0, 0.05) is 24.4 Å². The molecule has 0 saturated carbocycles. The summed E-state index contributed by atoms with van der Waals surface area (Å²) in [5, 5.41) is 7.89. The number of nitrogens with one attached hydrogen (secondary N) is 3. The van der Waals surface area contributed by atoms with Crippen molar-refractivity contribution < 1.29 is 19.2 Å². The third kappa shape index (κ3) is 5.52. The van der Waals surface area contributed by atoms with Crippen molar-refractivity contribution in [3.63, 3.8) is 0 Å². The minimum absolute atomic E-state index is 0.00580. The van der Waals surface area contributed by atoms with Crippen molar-refractivity contribution in [2.75, 3.05) is 17.2 Å². The summed E-state index contributed by atoms with van der Waals surface area (Å²) in [4.78, 5) is 47.7. The maximum Gasteiger partial charge on any atom is 0.324 e. The summed E-state index contributed by atoms with van der Waals surface area (Å²) in [5.41, 5.74) is 2.78. The Morgan fingerprint density at radius 3 is 2.48 bits per heavy atom. The second-order valence-electron chi connectivity index (χ2n) is 6.46. The Morgan fingerprint density at radius 1 is 1.07 bits per heavy atom. The summed E-state index contributed by atoms with van der Waals surface area (Å²) in [5.74, 6) is -0.746. The highest BCUT2D eigenvalue weighted by molar-refractivity contribution is 6.02. The van der Waals surface area contributed by atoms with Crippen molar-refractivity contribution in [3.8, 4) is 0 Å². The van der Waals surface area contributed by atoms with Gasteiger partial charge in [-0.3, -0.25) is 19.3 Å². The van der Waals surface area contributed by atoms with Gasteiger partial charge in [-0.25, -0.2) is 4.79 Å². The van der Waals surface area contributed by atoms with E-state index >= 15 is 0 Å². The smallest absolute Gasteiger partial charge is 0.324 e. The van der Waals surface area contributed by atoms with Crippen molar-refractivity contribution in [2.24, 2.45) is 0 Å².